The number of anilines is 1. The minimum absolute atomic E-state index is 0.0634. The third kappa shape index (κ3) is 5.41. The van der Waals surface area contributed by atoms with Crippen LogP contribution in [0.15, 0.2) is 18.2 Å². The Hall–Kier alpha value is -1.38. The van der Waals surface area contributed by atoms with E-state index in [0.29, 0.717) is 6.42 Å². The van der Waals surface area contributed by atoms with E-state index in [2.05, 4.69) is 5.32 Å². The monoisotopic (exact) mass is 378 g/mol. The van der Waals surface area contributed by atoms with Crippen molar-refractivity contribution in [2.75, 3.05) is 5.32 Å². The number of aliphatic carboxylic acids is 1. The van der Waals surface area contributed by atoms with Gasteiger partial charge in [0.25, 0.3) is 5.69 Å². The number of nitro groups is 1. The van der Waals surface area contributed by atoms with Crippen molar-refractivity contribution < 1.29 is 14.8 Å². The number of carboxylic acid groups (broad SMARTS) is 1. The SMILES string of the molecule is CC(CCCC(=O)O)Nc1ccc([N+](=O)[O-])cc1I. The number of benzene rings is 1. The highest BCUT2D eigenvalue weighted by Gasteiger charge is 2.11. The highest BCUT2D eigenvalue weighted by Crippen LogP contribution is 2.24. The second-order valence-electron chi connectivity index (χ2n) is 4.25. The summed E-state index contributed by atoms with van der Waals surface area (Å²) in [6.07, 6.45) is 1.50. The third-order valence-electron chi connectivity index (χ3n) is 2.59. The number of nitrogens with zero attached hydrogens (tertiary/aromatic N) is 1. The van der Waals surface area contributed by atoms with Crippen LogP contribution in [0.5, 0.6) is 0 Å². The van der Waals surface area contributed by atoms with E-state index in [0.717, 1.165) is 15.7 Å². The maximum Gasteiger partial charge on any atom is 0.303 e. The zero-order valence-electron chi connectivity index (χ0n) is 10.4. The van der Waals surface area contributed by atoms with Gasteiger partial charge >= 0.3 is 5.97 Å². The zero-order chi connectivity index (χ0) is 14.4. The van der Waals surface area contributed by atoms with Crippen molar-refractivity contribution in [3.63, 3.8) is 0 Å². The van der Waals surface area contributed by atoms with Crippen molar-refractivity contribution in [3.05, 3.63) is 31.9 Å². The van der Waals surface area contributed by atoms with E-state index in [1.807, 2.05) is 29.5 Å². The summed E-state index contributed by atoms with van der Waals surface area (Å²) in [5.74, 6) is -0.794. The molecular weight excluding hydrogens is 363 g/mol. The van der Waals surface area contributed by atoms with Crippen molar-refractivity contribution in [1.82, 2.24) is 0 Å². The summed E-state index contributed by atoms with van der Waals surface area (Å²) in [7, 11) is 0. The number of carboxylic acids is 1. The van der Waals surface area contributed by atoms with E-state index >= 15 is 0 Å². The molecule has 0 fully saturated rings. The molecule has 0 aromatic heterocycles. The topological polar surface area (TPSA) is 92.5 Å². The van der Waals surface area contributed by atoms with Crippen LogP contribution in [0, 0.1) is 13.7 Å². The maximum atomic E-state index is 10.6. The lowest BCUT2D eigenvalue weighted by atomic mass is 10.1. The van der Waals surface area contributed by atoms with E-state index in [4.69, 9.17) is 5.11 Å². The summed E-state index contributed by atoms with van der Waals surface area (Å²) >= 11 is 2.04. The molecule has 0 amide bonds. The first kappa shape index (κ1) is 15.7. The quantitative estimate of drug-likeness (QED) is 0.432. The van der Waals surface area contributed by atoms with Crippen LogP contribution in [0.2, 0.25) is 0 Å². The number of carbonyl (C=O) groups is 1. The van der Waals surface area contributed by atoms with Crippen LogP contribution in [0.3, 0.4) is 0 Å². The standard InChI is InChI=1S/C12H15IN2O4/c1-8(3-2-4-12(16)17)14-11-6-5-9(15(18)19)7-10(11)13/h5-8,14H,2-4H2,1H3,(H,16,17). The Morgan fingerprint density at radius 2 is 2.26 bits per heavy atom. The molecule has 1 aromatic carbocycles. The molecule has 2 N–H and O–H groups in total. The molecule has 104 valence electrons. The summed E-state index contributed by atoms with van der Waals surface area (Å²) in [4.78, 5) is 20.6. The Morgan fingerprint density at radius 3 is 2.79 bits per heavy atom. The summed E-state index contributed by atoms with van der Waals surface area (Å²) in [6, 6.07) is 4.75. The molecule has 1 aromatic rings. The first-order valence-corrected chi connectivity index (χ1v) is 6.90. The van der Waals surface area contributed by atoms with E-state index in [9.17, 15) is 14.9 Å². The third-order valence-corrected chi connectivity index (χ3v) is 3.49. The van der Waals surface area contributed by atoms with Gasteiger partial charge in [-0.05, 0) is 48.4 Å². The highest BCUT2D eigenvalue weighted by atomic mass is 127. The molecule has 6 nitrogen and oxygen atoms in total. The lowest BCUT2D eigenvalue weighted by Gasteiger charge is -2.15. The molecule has 1 unspecified atom stereocenters. The lowest BCUT2D eigenvalue weighted by molar-refractivity contribution is -0.384. The molecule has 19 heavy (non-hydrogen) atoms. The predicted molar refractivity (Wildman–Crippen MR) is 80.4 cm³/mol. The summed E-state index contributed by atoms with van der Waals surface area (Å²) in [5, 5.41) is 22.4. The number of rotatable bonds is 7. The van der Waals surface area contributed by atoms with E-state index in [1.165, 1.54) is 12.1 Å². The van der Waals surface area contributed by atoms with Crippen molar-refractivity contribution in [1.29, 1.82) is 0 Å². The van der Waals surface area contributed by atoms with Crippen molar-refractivity contribution >= 4 is 39.9 Å². The smallest absolute Gasteiger partial charge is 0.303 e. The largest absolute Gasteiger partial charge is 0.481 e. The molecule has 0 saturated heterocycles. The van der Waals surface area contributed by atoms with Gasteiger partial charge in [-0.3, -0.25) is 14.9 Å². The fourth-order valence-corrected chi connectivity index (χ4v) is 2.29. The van der Waals surface area contributed by atoms with Crippen LogP contribution in [-0.4, -0.2) is 22.0 Å². The molecule has 7 heteroatoms. The van der Waals surface area contributed by atoms with Gasteiger partial charge in [0, 0.05) is 33.9 Å². The van der Waals surface area contributed by atoms with Gasteiger partial charge < -0.3 is 10.4 Å². The minimum Gasteiger partial charge on any atom is -0.481 e. The summed E-state index contributed by atoms with van der Waals surface area (Å²) in [5.41, 5.74) is 0.891. The minimum atomic E-state index is -0.794. The van der Waals surface area contributed by atoms with Gasteiger partial charge in [-0.1, -0.05) is 0 Å². The van der Waals surface area contributed by atoms with Crippen LogP contribution < -0.4 is 5.32 Å². The fourth-order valence-electron chi connectivity index (χ4n) is 1.63. The van der Waals surface area contributed by atoms with Gasteiger partial charge in [-0.25, -0.2) is 0 Å². The number of non-ortho nitro benzene ring substituents is 1. The van der Waals surface area contributed by atoms with Gasteiger partial charge in [0.15, 0.2) is 0 Å². The van der Waals surface area contributed by atoms with Gasteiger partial charge in [0.1, 0.15) is 0 Å². The Kier molecular flexibility index (Phi) is 6.00. The van der Waals surface area contributed by atoms with E-state index in [1.54, 1.807) is 6.07 Å². The van der Waals surface area contributed by atoms with Crippen LogP contribution in [0.4, 0.5) is 11.4 Å². The van der Waals surface area contributed by atoms with Crippen molar-refractivity contribution in [2.24, 2.45) is 0 Å². The molecule has 0 spiro atoms. The molecule has 0 aliphatic heterocycles. The Bertz CT molecular complexity index is 479. The maximum absolute atomic E-state index is 10.6. The number of halogens is 1. The number of hydrogen-bond donors (Lipinski definition) is 2. The molecule has 0 radical (unpaired) electrons. The number of hydrogen-bond acceptors (Lipinski definition) is 4. The molecule has 0 bridgehead atoms. The summed E-state index contributed by atoms with van der Waals surface area (Å²) < 4.78 is 0.775. The molecule has 1 rings (SSSR count). The Balaban J connectivity index is 2.57. The first-order valence-electron chi connectivity index (χ1n) is 5.82. The zero-order valence-corrected chi connectivity index (χ0v) is 12.6. The number of nitrogens with one attached hydrogen (secondary N) is 1. The van der Waals surface area contributed by atoms with Crippen LogP contribution >= 0.6 is 22.6 Å². The lowest BCUT2D eigenvalue weighted by Crippen LogP contribution is -2.16. The van der Waals surface area contributed by atoms with Gasteiger partial charge in [0.2, 0.25) is 0 Å². The fraction of sp³-hybridized carbons (Fsp3) is 0.417. The Labute approximate surface area is 124 Å². The second-order valence-corrected chi connectivity index (χ2v) is 5.41. The van der Waals surface area contributed by atoms with Gasteiger partial charge in [-0.2, -0.15) is 0 Å². The highest BCUT2D eigenvalue weighted by molar-refractivity contribution is 14.1. The van der Waals surface area contributed by atoms with E-state index in [-0.39, 0.29) is 18.2 Å². The van der Waals surface area contributed by atoms with Crippen LogP contribution in [0.1, 0.15) is 26.2 Å². The second kappa shape index (κ2) is 7.27. The van der Waals surface area contributed by atoms with Crippen molar-refractivity contribution in [2.45, 2.75) is 32.2 Å². The normalized spacial score (nSPS) is 11.9. The van der Waals surface area contributed by atoms with Crippen molar-refractivity contribution in [3.8, 4) is 0 Å². The number of nitro benzene ring substituents is 1. The van der Waals surface area contributed by atoms with E-state index < -0.39 is 10.9 Å². The van der Waals surface area contributed by atoms with Gasteiger partial charge in [0.05, 0.1) is 4.92 Å². The van der Waals surface area contributed by atoms with Gasteiger partial charge in [-0.15, -0.1) is 0 Å². The molecule has 1 atom stereocenters. The average Bonchev–Trinajstić information content (AvgIpc) is 2.31. The summed E-state index contributed by atoms with van der Waals surface area (Å²) in [6.45, 7) is 1.96. The Morgan fingerprint density at radius 1 is 1.58 bits per heavy atom. The molecule has 0 aliphatic rings. The predicted octanol–water partition coefficient (Wildman–Crippen LogP) is 3.25. The molecule has 0 aliphatic carbocycles. The van der Waals surface area contributed by atoms with Crippen LogP contribution in [0.25, 0.3) is 0 Å². The molecule has 0 heterocycles. The van der Waals surface area contributed by atoms with Crippen LogP contribution in [-0.2, 0) is 4.79 Å². The molecule has 0 saturated carbocycles. The molecular formula is C12H15IN2O4. The average molecular weight is 378 g/mol. The first-order chi connectivity index (χ1) is 8.90.